The van der Waals surface area contributed by atoms with E-state index < -0.39 is 5.66 Å². The zero-order valence-corrected chi connectivity index (χ0v) is 11.8. The van der Waals surface area contributed by atoms with Crippen LogP contribution in [0.15, 0.2) is 54.6 Å². The lowest BCUT2D eigenvalue weighted by Gasteiger charge is -2.46. The van der Waals surface area contributed by atoms with E-state index in [0.29, 0.717) is 0 Å². The minimum atomic E-state index is -0.479. The first kappa shape index (κ1) is 12.7. The van der Waals surface area contributed by atoms with Gasteiger partial charge < -0.3 is 10.2 Å². The number of hydrogen-bond acceptors (Lipinski definition) is 2. The first-order valence-corrected chi connectivity index (χ1v) is 6.90. The molecule has 0 saturated carbocycles. The molecule has 1 heterocycles. The summed E-state index contributed by atoms with van der Waals surface area (Å²) in [6.07, 6.45) is 0.799. The molecule has 2 aromatic carbocycles. The molecule has 0 fully saturated rings. The molecule has 2 aromatic rings. The topological polar surface area (TPSA) is 32.3 Å². The van der Waals surface area contributed by atoms with E-state index in [1.54, 1.807) is 0 Å². The normalized spacial score (nSPS) is 21.3. The van der Waals surface area contributed by atoms with Gasteiger partial charge >= 0.3 is 0 Å². The Balaban J connectivity index is 2.17. The van der Waals surface area contributed by atoms with Crippen LogP contribution in [0.25, 0.3) is 0 Å². The van der Waals surface area contributed by atoms with Crippen LogP contribution >= 0.6 is 0 Å². The Morgan fingerprint density at radius 2 is 1.70 bits per heavy atom. The van der Waals surface area contributed by atoms with Crippen molar-refractivity contribution in [2.24, 2.45) is 0 Å². The Bertz CT molecular complexity index is 638. The van der Waals surface area contributed by atoms with Gasteiger partial charge in [-0.15, -0.1) is 0 Å². The Morgan fingerprint density at radius 3 is 2.40 bits per heavy atom. The maximum atomic E-state index is 12.7. The van der Waals surface area contributed by atoms with E-state index in [1.807, 2.05) is 54.4 Å². The SMILES string of the molecule is CCC1(c2ccccc2)Nc2ccccc2C(=O)N1C. The van der Waals surface area contributed by atoms with E-state index in [9.17, 15) is 4.79 Å². The van der Waals surface area contributed by atoms with Crippen LogP contribution in [0.4, 0.5) is 5.69 Å². The largest absolute Gasteiger partial charge is 0.358 e. The molecular weight excluding hydrogens is 248 g/mol. The molecule has 102 valence electrons. The van der Waals surface area contributed by atoms with E-state index >= 15 is 0 Å². The number of fused-ring (bicyclic) bond motifs is 1. The van der Waals surface area contributed by atoms with Gasteiger partial charge in [-0.1, -0.05) is 49.4 Å². The molecule has 0 saturated heterocycles. The lowest BCUT2D eigenvalue weighted by molar-refractivity contribution is 0.0573. The summed E-state index contributed by atoms with van der Waals surface area (Å²) >= 11 is 0. The molecule has 0 aromatic heterocycles. The molecule has 0 radical (unpaired) electrons. The molecule has 1 aliphatic heterocycles. The van der Waals surface area contributed by atoms with Crippen molar-refractivity contribution >= 4 is 11.6 Å². The zero-order valence-electron chi connectivity index (χ0n) is 11.8. The fraction of sp³-hybridized carbons (Fsp3) is 0.235. The summed E-state index contributed by atoms with van der Waals surface area (Å²) in [5.41, 5.74) is 2.26. The maximum Gasteiger partial charge on any atom is 0.257 e. The van der Waals surface area contributed by atoms with Crippen LogP contribution in [-0.4, -0.2) is 17.9 Å². The first-order chi connectivity index (χ1) is 9.69. The van der Waals surface area contributed by atoms with Crippen LogP contribution in [0.5, 0.6) is 0 Å². The van der Waals surface area contributed by atoms with Crippen LogP contribution in [0, 0.1) is 0 Å². The highest BCUT2D eigenvalue weighted by molar-refractivity contribution is 6.02. The molecule has 1 amide bonds. The quantitative estimate of drug-likeness (QED) is 0.903. The fourth-order valence-corrected chi connectivity index (χ4v) is 2.95. The lowest BCUT2D eigenvalue weighted by Crippen LogP contribution is -2.55. The third-order valence-electron chi connectivity index (χ3n) is 4.14. The van der Waals surface area contributed by atoms with Gasteiger partial charge in [0.2, 0.25) is 0 Å². The van der Waals surface area contributed by atoms with Crippen LogP contribution in [0.1, 0.15) is 29.3 Å². The second-order valence-electron chi connectivity index (χ2n) is 5.11. The van der Waals surface area contributed by atoms with E-state index in [0.717, 1.165) is 23.2 Å². The van der Waals surface area contributed by atoms with Gasteiger partial charge in [-0.3, -0.25) is 4.79 Å². The molecule has 1 N–H and O–H groups in total. The highest BCUT2D eigenvalue weighted by Crippen LogP contribution is 2.38. The van der Waals surface area contributed by atoms with Gasteiger partial charge in [-0.2, -0.15) is 0 Å². The van der Waals surface area contributed by atoms with Gasteiger partial charge in [-0.25, -0.2) is 0 Å². The van der Waals surface area contributed by atoms with Gasteiger partial charge in [0, 0.05) is 12.7 Å². The summed E-state index contributed by atoms with van der Waals surface area (Å²) in [6.45, 7) is 2.09. The Hall–Kier alpha value is -2.29. The number of benzene rings is 2. The molecule has 0 bridgehead atoms. The van der Waals surface area contributed by atoms with Crippen LogP contribution in [0.2, 0.25) is 0 Å². The summed E-state index contributed by atoms with van der Waals surface area (Å²) in [5, 5.41) is 3.56. The number of rotatable bonds is 2. The van der Waals surface area contributed by atoms with Gasteiger partial charge in [0.1, 0.15) is 5.66 Å². The lowest BCUT2D eigenvalue weighted by atomic mass is 9.90. The summed E-state index contributed by atoms with van der Waals surface area (Å²) in [4.78, 5) is 14.5. The van der Waals surface area contributed by atoms with Gasteiger partial charge in [0.25, 0.3) is 5.91 Å². The third kappa shape index (κ3) is 1.70. The first-order valence-electron chi connectivity index (χ1n) is 6.90. The Morgan fingerprint density at radius 1 is 1.05 bits per heavy atom. The minimum absolute atomic E-state index is 0.0602. The summed E-state index contributed by atoms with van der Waals surface area (Å²) in [6, 6.07) is 17.8. The number of hydrogen-bond donors (Lipinski definition) is 1. The number of nitrogens with one attached hydrogen (secondary N) is 1. The summed E-state index contributed by atoms with van der Waals surface area (Å²) in [7, 11) is 1.86. The average Bonchev–Trinajstić information content (AvgIpc) is 2.52. The van der Waals surface area contributed by atoms with E-state index in [4.69, 9.17) is 0 Å². The third-order valence-corrected chi connectivity index (χ3v) is 4.14. The summed E-state index contributed by atoms with van der Waals surface area (Å²) < 4.78 is 0. The number of carbonyl (C=O) groups excluding carboxylic acids is 1. The van der Waals surface area contributed by atoms with Crippen molar-refractivity contribution in [1.82, 2.24) is 4.90 Å². The average molecular weight is 266 g/mol. The zero-order chi connectivity index (χ0) is 14.2. The summed E-state index contributed by atoms with van der Waals surface area (Å²) in [5.74, 6) is 0.0602. The monoisotopic (exact) mass is 266 g/mol. The highest BCUT2D eigenvalue weighted by atomic mass is 16.2. The van der Waals surface area contributed by atoms with Crippen molar-refractivity contribution < 1.29 is 4.79 Å². The fourth-order valence-electron chi connectivity index (χ4n) is 2.95. The van der Waals surface area contributed by atoms with E-state index in [2.05, 4.69) is 24.4 Å². The van der Waals surface area contributed by atoms with Gasteiger partial charge in [0.05, 0.1) is 5.56 Å². The smallest absolute Gasteiger partial charge is 0.257 e. The number of para-hydroxylation sites is 1. The molecule has 3 rings (SSSR count). The number of carbonyl (C=O) groups is 1. The number of amides is 1. The predicted octanol–water partition coefficient (Wildman–Crippen LogP) is 3.45. The highest BCUT2D eigenvalue weighted by Gasteiger charge is 2.42. The second-order valence-corrected chi connectivity index (χ2v) is 5.11. The Kier molecular flexibility index (Phi) is 2.97. The molecule has 1 aliphatic rings. The van der Waals surface area contributed by atoms with Crippen molar-refractivity contribution in [1.29, 1.82) is 0 Å². The Labute approximate surface area is 119 Å². The van der Waals surface area contributed by atoms with Gasteiger partial charge in [-0.05, 0) is 24.1 Å². The van der Waals surface area contributed by atoms with Crippen molar-refractivity contribution in [3.05, 3.63) is 65.7 Å². The van der Waals surface area contributed by atoms with Gasteiger partial charge in [0.15, 0.2) is 0 Å². The molecule has 1 unspecified atom stereocenters. The van der Waals surface area contributed by atoms with Crippen molar-refractivity contribution in [3.8, 4) is 0 Å². The van der Waals surface area contributed by atoms with Crippen molar-refractivity contribution in [3.63, 3.8) is 0 Å². The molecule has 1 atom stereocenters. The molecule has 20 heavy (non-hydrogen) atoms. The molecule has 0 spiro atoms. The van der Waals surface area contributed by atoms with Crippen molar-refractivity contribution in [2.45, 2.75) is 19.0 Å². The van der Waals surface area contributed by atoms with Crippen molar-refractivity contribution in [2.75, 3.05) is 12.4 Å². The maximum absolute atomic E-state index is 12.7. The number of nitrogens with zero attached hydrogens (tertiary/aromatic N) is 1. The van der Waals surface area contributed by atoms with Crippen LogP contribution in [-0.2, 0) is 5.66 Å². The molecule has 0 aliphatic carbocycles. The molecule has 3 heteroatoms. The minimum Gasteiger partial charge on any atom is -0.358 e. The van der Waals surface area contributed by atoms with Crippen LogP contribution < -0.4 is 5.32 Å². The standard InChI is InChI=1S/C17H18N2O/c1-3-17(13-9-5-4-6-10-13)18-15-12-8-7-11-14(15)16(20)19(17)2/h4-12,18H,3H2,1-2H3. The predicted molar refractivity (Wildman–Crippen MR) is 80.6 cm³/mol. The molecular formula is C17H18N2O. The van der Waals surface area contributed by atoms with Crippen LogP contribution in [0.3, 0.4) is 0 Å². The van der Waals surface area contributed by atoms with E-state index in [-0.39, 0.29) is 5.91 Å². The molecule has 3 nitrogen and oxygen atoms in total. The second kappa shape index (κ2) is 4.67. The van der Waals surface area contributed by atoms with E-state index in [1.165, 1.54) is 0 Å². The number of anilines is 1.